The Morgan fingerprint density at radius 2 is 1.92 bits per heavy atom. The molecule has 3 heteroatoms. The van der Waals surface area contributed by atoms with Crippen molar-refractivity contribution >= 4 is 0 Å². The van der Waals surface area contributed by atoms with Crippen LogP contribution >= 0.6 is 0 Å². The van der Waals surface area contributed by atoms with Gasteiger partial charge in [0.25, 0.3) is 0 Å². The van der Waals surface area contributed by atoms with Crippen LogP contribution in [-0.2, 0) is 4.74 Å². The summed E-state index contributed by atoms with van der Waals surface area (Å²) >= 11 is 0. The van der Waals surface area contributed by atoms with Crippen LogP contribution in [0.5, 0.6) is 0 Å². The topological polar surface area (TPSA) is 47.3 Å². The van der Waals surface area contributed by atoms with Gasteiger partial charge in [-0.3, -0.25) is 11.3 Å². The molecule has 0 aromatic carbocycles. The number of hydrazine groups is 1. The molecular formula is C9H22N2O. The van der Waals surface area contributed by atoms with E-state index in [0.29, 0.717) is 12.6 Å². The number of hydrogen-bond donors (Lipinski definition) is 2. The van der Waals surface area contributed by atoms with Crippen molar-refractivity contribution in [2.75, 3.05) is 13.7 Å². The maximum atomic E-state index is 5.39. The second-order valence-corrected chi connectivity index (χ2v) is 3.24. The summed E-state index contributed by atoms with van der Waals surface area (Å²) in [5.74, 6) is 6.15. The molecule has 0 aliphatic heterocycles. The molecule has 0 saturated heterocycles. The van der Waals surface area contributed by atoms with E-state index >= 15 is 0 Å². The van der Waals surface area contributed by atoms with Crippen LogP contribution in [0.1, 0.15) is 33.1 Å². The zero-order chi connectivity index (χ0) is 9.40. The first kappa shape index (κ1) is 11.9. The first-order valence-corrected chi connectivity index (χ1v) is 4.73. The number of rotatable bonds is 7. The lowest BCUT2D eigenvalue weighted by molar-refractivity contribution is 0.153. The van der Waals surface area contributed by atoms with E-state index in [1.54, 1.807) is 7.11 Å². The van der Waals surface area contributed by atoms with Gasteiger partial charge in [0.15, 0.2) is 0 Å². The molecule has 0 spiro atoms. The molecule has 0 radical (unpaired) electrons. The molecule has 0 aromatic rings. The monoisotopic (exact) mass is 174 g/mol. The Labute approximate surface area is 75.6 Å². The molecule has 1 atom stereocenters. The smallest absolute Gasteiger partial charge is 0.0629 e. The van der Waals surface area contributed by atoms with Gasteiger partial charge in [-0.05, 0) is 12.3 Å². The van der Waals surface area contributed by atoms with E-state index in [2.05, 4.69) is 19.3 Å². The third-order valence-electron chi connectivity index (χ3n) is 2.38. The van der Waals surface area contributed by atoms with E-state index in [1.807, 2.05) is 0 Å². The van der Waals surface area contributed by atoms with Crippen molar-refractivity contribution in [1.29, 1.82) is 0 Å². The van der Waals surface area contributed by atoms with Gasteiger partial charge in [0.1, 0.15) is 0 Å². The van der Waals surface area contributed by atoms with Gasteiger partial charge in [0.2, 0.25) is 0 Å². The van der Waals surface area contributed by atoms with E-state index in [0.717, 1.165) is 12.3 Å². The van der Waals surface area contributed by atoms with Crippen LogP contribution in [0.4, 0.5) is 0 Å². The van der Waals surface area contributed by atoms with Crippen LogP contribution < -0.4 is 11.3 Å². The highest BCUT2D eigenvalue weighted by Gasteiger charge is 2.11. The summed E-state index contributed by atoms with van der Waals surface area (Å²) in [6, 6.07) is 0.305. The van der Waals surface area contributed by atoms with Crippen molar-refractivity contribution in [2.45, 2.75) is 39.2 Å². The largest absolute Gasteiger partial charge is 0.383 e. The lowest BCUT2D eigenvalue weighted by Crippen LogP contribution is -2.39. The Bertz CT molecular complexity index is 94.5. The second kappa shape index (κ2) is 7.53. The van der Waals surface area contributed by atoms with Crippen molar-refractivity contribution in [3.05, 3.63) is 0 Å². The van der Waals surface area contributed by atoms with E-state index in [4.69, 9.17) is 10.6 Å². The van der Waals surface area contributed by atoms with Gasteiger partial charge >= 0.3 is 0 Å². The number of methoxy groups -OCH3 is 1. The van der Waals surface area contributed by atoms with Crippen LogP contribution in [0, 0.1) is 5.92 Å². The minimum Gasteiger partial charge on any atom is -0.383 e. The predicted molar refractivity (Wildman–Crippen MR) is 51.7 cm³/mol. The SMILES string of the molecule is CCC(CC)CC(COC)NN. The first-order valence-electron chi connectivity index (χ1n) is 4.73. The Hall–Kier alpha value is -0.120. The van der Waals surface area contributed by atoms with E-state index in [1.165, 1.54) is 12.8 Å². The van der Waals surface area contributed by atoms with E-state index < -0.39 is 0 Å². The Kier molecular flexibility index (Phi) is 7.45. The fourth-order valence-corrected chi connectivity index (χ4v) is 1.41. The van der Waals surface area contributed by atoms with Gasteiger partial charge in [-0.15, -0.1) is 0 Å². The third-order valence-corrected chi connectivity index (χ3v) is 2.38. The zero-order valence-electron chi connectivity index (χ0n) is 8.47. The highest BCUT2D eigenvalue weighted by molar-refractivity contribution is 4.67. The highest BCUT2D eigenvalue weighted by Crippen LogP contribution is 2.14. The average molecular weight is 174 g/mol. The molecule has 0 aliphatic carbocycles. The van der Waals surface area contributed by atoms with Gasteiger partial charge in [-0.2, -0.15) is 0 Å². The number of nitrogens with one attached hydrogen (secondary N) is 1. The summed E-state index contributed by atoms with van der Waals surface area (Å²) in [5.41, 5.74) is 2.78. The molecule has 0 aliphatic rings. The fourth-order valence-electron chi connectivity index (χ4n) is 1.41. The van der Waals surface area contributed by atoms with Gasteiger partial charge in [-0.1, -0.05) is 26.7 Å². The van der Waals surface area contributed by atoms with Gasteiger partial charge < -0.3 is 4.74 Å². The molecule has 0 heterocycles. The maximum absolute atomic E-state index is 5.39. The minimum atomic E-state index is 0.305. The van der Waals surface area contributed by atoms with Crippen molar-refractivity contribution in [3.63, 3.8) is 0 Å². The van der Waals surface area contributed by atoms with E-state index in [-0.39, 0.29) is 0 Å². The molecule has 0 fully saturated rings. The molecule has 0 saturated carbocycles. The van der Waals surface area contributed by atoms with Crippen LogP contribution in [0.3, 0.4) is 0 Å². The minimum absolute atomic E-state index is 0.305. The quantitative estimate of drug-likeness (QED) is 0.451. The molecule has 74 valence electrons. The van der Waals surface area contributed by atoms with Crippen LogP contribution in [0.2, 0.25) is 0 Å². The average Bonchev–Trinajstić information content (AvgIpc) is 2.12. The van der Waals surface area contributed by atoms with Crippen molar-refractivity contribution in [3.8, 4) is 0 Å². The maximum Gasteiger partial charge on any atom is 0.0629 e. The van der Waals surface area contributed by atoms with Gasteiger partial charge in [0, 0.05) is 13.2 Å². The standard InChI is InChI=1S/C9H22N2O/c1-4-8(5-2)6-9(11-10)7-12-3/h8-9,11H,4-7,10H2,1-3H3. The molecule has 0 rings (SSSR count). The molecule has 1 unspecified atom stereocenters. The molecule has 3 nitrogen and oxygen atoms in total. The molecule has 0 aromatic heterocycles. The highest BCUT2D eigenvalue weighted by atomic mass is 16.5. The number of hydrogen-bond acceptors (Lipinski definition) is 3. The summed E-state index contributed by atoms with van der Waals surface area (Å²) in [6.45, 7) is 5.14. The molecule has 12 heavy (non-hydrogen) atoms. The van der Waals surface area contributed by atoms with Crippen molar-refractivity contribution in [1.82, 2.24) is 5.43 Å². The Morgan fingerprint density at radius 1 is 1.33 bits per heavy atom. The molecule has 0 bridgehead atoms. The summed E-state index contributed by atoms with van der Waals surface area (Å²) in [5, 5.41) is 0. The van der Waals surface area contributed by atoms with Crippen LogP contribution in [-0.4, -0.2) is 19.8 Å². The molecular weight excluding hydrogens is 152 g/mol. The second-order valence-electron chi connectivity index (χ2n) is 3.24. The van der Waals surface area contributed by atoms with E-state index in [9.17, 15) is 0 Å². The number of nitrogens with two attached hydrogens (primary N) is 1. The predicted octanol–water partition coefficient (Wildman–Crippen LogP) is 1.29. The summed E-state index contributed by atoms with van der Waals surface area (Å²) in [6.07, 6.45) is 3.55. The van der Waals surface area contributed by atoms with Gasteiger partial charge in [-0.25, -0.2) is 0 Å². The number of ether oxygens (including phenoxy) is 1. The van der Waals surface area contributed by atoms with Crippen molar-refractivity contribution < 1.29 is 4.74 Å². The normalized spacial score (nSPS) is 13.8. The van der Waals surface area contributed by atoms with Crippen molar-refractivity contribution in [2.24, 2.45) is 11.8 Å². The Morgan fingerprint density at radius 3 is 2.25 bits per heavy atom. The van der Waals surface area contributed by atoms with Crippen LogP contribution in [0.25, 0.3) is 0 Å². The molecule has 3 N–H and O–H groups in total. The van der Waals surface area contributed by atoms with Gasteiger partial charge in [0.05, 0.1) is 6.61 Å². The fraction of sp³-hybridized carbons (Fsp3) is 1.00. The lowest BCUT2D eigenvalue weighted by atomic mass is 9.95. The lowest BCUT2D eigenvalue weighted by Gasteiger charge is -2.20. The first-order chi connectivity index (χ1) is 5.78. The summed E-state index contributed by atoms with van der Waals surface area (Å²) in [7, 11) is 1.71. The van der Waals surface area contributed by atoms with Crippen LogP contribution in [0.15, 0.2) is 0 Å². The molecule has 0 amide bonds. The summed E-state index contributed by atoms with van der Waals surface area (Å²) < 4.78 is 5.04. The third kappa shape index (κ3) is 4.70. The zero-order valence-corrected chi connectivity index (χ0v) is 8.47. The Balaban J connectivity index is 3.65. The summed E-state index contributed by atoms with van der Waals surface area (Å²) in [4.78, 5) is 0.